The summed E-state index contributed by atoms with van der Waals surface area (Å²) < 4.78 is 6.63. The molecule has 10 heteroatoms. The summed E-state index contributed by atoms with van der Waals surface area (Å²) in [5, 5.41) is 12.6. The van der Waals surface area contributed by atoms with Gasteiger partial charge in [-0.2, -0.15) is 0 Å². The molecule has 0 saturated heterocycles. The molecule has 7 nitrogen and oxygen atoms in total. The molecule has 0 unspecified atom stereocenters. The van der Waals surface area contributed by atoms with Gasteiger partial charge in [-0.25, -0.2) is 4.98 Å². The van der Waals surface area contributed by atoms with E-state index in [1.165, 1.54) is 16.3 Å². The van der Waals surface area contributed by atoms with Gasteiger partial charge in [-0.05, 0) is 30.9 Å². The second-order valence-electron chi connectivity index (χ2n) is 6.68. The van der Waals surface area contributed by atoms with Crippen LogP contribution in [0.4, 0.5) is 5.82 Å². The van der Waals surface area contributed by atoms with E-state index in [4.69, 9.17) is 16.3 Å². The molecule has 0 aliphatic carbocycles. The quantitative estimate of drug-likeness (QED) is 0.257. The third kappa shape index (κ3) is 4.64. The first-order valence-corrected chi connectivity index (χ1v) is 10.5. The van der Waals surface area contributed by atoms with Gasteiger partial charge in [0.15, 0.2) is 5.43 Å². The van der Waals surface area contributed by atoms with Crippen LogP contribution in [0.1, 0.15) is 5.56 Å². The number of carboxylic acids is 1. The number of carbonyl (C=O) groups is 1. The average molecular weight is 458 g/mol. The Labute approximate surface area is 205 Å². The number of carbonyl (C=O) groups excluding carboxylic acids is 1. The van der Waals surface area contributed by atoms with E-state index >= 15 is 0 Å². The molecule has 1 aromatic carbocycles. The molecule has 0 spiro atoms. The summed E-state index contributed by atoms with van der Waals surface area (Å²) in [5.74, 6) is -0.823. The summed E-state index contributed by atoms with van der Waals surface area (Å²) in [6, 6.07) is 5.12. The van der Waals surface area contributed by atoms with E-state index in [-0.39, 0.29) is 46.0 Å². The fourth-order valence-corrected chi connectivity index (χ4v) is 4.46. The first kappa shape index (κ1) is 25.0. The molecule has 3 aromatic rings. The molecule has 3 rings (SSSR count). The number of carboxylic acid groups (broad SMARTS) is 1. The SMILES string of the molecule is COCCN(C)c1nc2c(cc1Cl)c(=O)c1ccc(C)c(SC)c1n2CC(=O)[O-].[Na+]. The normalized spacial score (nSPS) is 11.0. The first-order valence-electron chi connectivity index (χ1n) is 8.90. The van der Waals surface area contributed by atoms with Gasteiger partial charge >= 0.3 is 29.6 Å². The van der Waals surface area contributed by atoms with Gasteiger partial charge in [0.05, 0.1) is 35.0 Å². The Kier molecular flexibility index (Phi) is 8.61. The Balaban J connectivity index is 0.00000320. The summed E-state index contributed by atoms with van der Waals surface area (Å²) in [5.41, 5.74) is 1.51. The fraction of sp³-hybridized carbons (Fsp3) is 0.350. The van der Waals surface area contributed by atoms with Crippen molar-refractivity contribution in [1.29, 1.82) is 0 Å². The van der Waals surface area contributed by atoms with Gasteiger partial charge < -0.3 is 24.1 Å². The molecule has 2 heterocycles. The van der Waals surface area contributed by atoms with Gasteiger partial charge in [0.25, 0.3) is 0 Å². The number of pyridine rings is 2. The number of aliphatic carboxylic acids is 1. The van der Waals surface area contributed by atoms with E-state index in [1.54, 1.807) is 31.2 Å². The molecular weight excluding hydrogens is 437 g/mol. The summed E-state index contributed by atoms with van der Waals surface area (Å²) in [6.07, 6.45) is 1.89. The van der Waals surface area contributed by atoms with Crippen LogP contribution in [0.25, 0.3) is 21.9 Å². The molecular formula is C20H21ClN3NaO4S. The second-order valence-corrected chi connectivity index (χ2v) is 7.90. The Bertz CT molecular complexity index is 1170. The number of aromatic nitrogens is 2. The van der Waals surface area contributed by atoms with Crippen molar-refractivity contribution >= 4 is 57.1 Å². The number of benzene rings is 1. The third-order valence-electron chi connectivity index (χ3n) is 4.76. The summed E-state index contributed by atoms with van der Waals surface area (Å²) in [4.78, 5) is 32.0. The Morgan fingerprint density at radius 3 is 2.67 bits per heavy atom. The molecule has 0 aliphatic rings. The molecule has 0 fully saturated rings. The zero-order chi connectivity index (χ0) is 21.3. The molecule has 0 amide bonds. The molecule has 0 radical (unpaired) electrons. The van der Waals surface area contributed by atoms with Gasteiger partial charge in [-0.3, -0.25) is 4.79 Å². The smallest absolute Gasteiger partial charge is 0.548 e. The molecule has 0 N–H and O–H groups in total. The Hall–Kier alpha value is -1.29. The summed E-state index contributed by atoms with van der Waals surface area (Å²) >= 11 is 7.87. The molecule has 2 aromatic heterocycles. The van der Waals surface area contributed by atoms with Crippen molar-refractivity contribution in [3.8, 4) is 0 Å². The third-order valence-corrected chi connectivity index (χ3v) is 5.97. The second kappa shape index (κ2) is 10.3. The van der Waals surface area contributed by atoms with Crippen LogP contribution >= 0.6 is 23.4 Å². The molecule has 0 aliphatic heterocycles. The molecule has 30 heavy (non-hydrogen) atoms. The van der Waals surface area contributed by atoms with E-state index in [0.717, 1.165) is 10.5 Å². The van der Waals surface area contributed by atoms with Gasteiger partial charge in [0.2, 0.25) is 0 Å². The van der Waals surface area contributed by atoms with Gasteiger partial charge in [0, 0.05) is 31.0 Å². The predicted octanol–water partition coefficient (Wildman–Crippen LogP) is -0.930. The van der Waals surface area contributed by atoms with Crippen LogP contribution in [-0.2, 0) is 16.1 Å². The minimum atomic E-state index is -1.27. The topological polar surface area (TPSA) is 87.5 Å². The Morgan fingerprint density at radius 1 is 1.37 bits per heavy atom. The molecule has 0 atom stereocenters. The van der Waals surface area contributed by atoms with Crippen molar-refractivity contribution in [3.05, 3.63) is 39.0 Å². The van der Waals surface area contributed by atoms with Crippen molar-refractivity contribution in [3.63, 3.8) is 0 Å². The van der Waals surface area contributed by atoms with Crippen molar-refractivity contribution in [2.24, 2.45) is 0 Å². The maximum absolute atomic E-state index is 13.2. The standard InChI is InChI=1S/C20H22ClN3O4S.Na/c1-11-5-6-12-16(18(11)29-4)24(10-15(25)26)19-13(17(12)27)9-14(21)20(22-19)23(2)7-8-28-3;/h5-6,9H,7-8,10H2,1-4H3,(H,25,26);/q;+1/p-1. The number of aryl methyl sites for hydroxylation is 1. The van der Waals surface area contributed by atoms with E-state index < -0.39 is 12.5 Å². The van der Waals surface area contributed by atoms with Crippen LogP contribution in [-0.4, -0.2) is 49.1 Å². The van der Waals surface area contributed by atoms with Crippen molar-refractivity contribution in [2.75, 3.05) is 38.5 Å². The number of thioether (sulfide) groups is 1. The monoisotopic (exact) mass is 457 g/mol. The number of likely N-dealkylation sites (N-methyl/N-ethyl adjacent to an activating group) is 1. The number of nitrogens with zero attached hydrogens (tertiary/aromatic N) is 3. The average Bonchev–Trinajstić information content (AvgIpc) is 2.68. The zero-order valence-electron chi connectivity index (χ0n) is 17.6. The maximum atomic E-state index is 13.2. The fourth-order valence-electron chi connectivity index (χ4n) is 3.36. The summed E-state index contributed by atoms with van der Waals surface area (Å²) in [7, 11) is 3.40. The number of halogens is 1. The van der Waals surface area contributed by atoms with Crippen LogP contribution < -0.4 is 45.0 Å². The summed E-state index contributed by atoms with van der Waals surface area (Å²) in [6.45, 7) is 2.48. The number of anilines is 1. The zero-order valence-corrected chi connectivity index (χ0v) is 21.2. The number of rotatable bonds is 7. The van der Waals surface area contributed by atoms with Crippen LogP contribution in [0.5, 0.6) is 0 Å². The number of methoxy groups -OCH3 is 1. The van der Waals surface area contributed by atoms with Crippen molar-refractivity contribution in [1.82, 2.24) is 9.55 Å². The van der Waals surface area contributed by atoms with E-state index in [2.05, 4.69) is 4.98 Å². The maximum Gasteiger partial charge on any atom is 1.00 e. The molecule has 0 bridgehead atoms. The van der Waals surface area contributed by atoms with Crippen LogP contribution in [0, 0.1) is 6.92 Å². The van der Waals surface area contributed by atoms with Crippen LogP contribution in [0.2, 0.25) is 5.02 Å². The largest absolute Gasteiger partial charge is 1.00 e. The van der Waals surface area contributed by atoms with E-state index in [0.29, 0.717) is 34.9 Å². The van der Waals surface area contributed by atoms with Crippen LogP contribution in [0.3, 0.4) is 0 Å². The number of hydrogen-bond acceptors (Lipinski definition) is 7. The van der Waals surface area contributed by atoms with E-state index in [1.807, 2.05) is 19.2 Å². The molecule has 154 valence electrons. The van der Waals surface area contributed by atoms with Gasteiger partial charge in [0.1, 0.15) is 11.5 Å². The Morgan fingerprint density at radius 2 is 2.07 bits per heavy atom. The van der Waals surface area contributed by atoms with Gasteiger partial charge in [-0.1, -0.05) is 17.7 Å². The minimum Gasteiger partial charge on any atom is -0.548 e. The van der Waals surface area contributed by atoms with Crippen molar-refractivity contribution < 1.29 is 44.2 Å². The number of ether oxygens (including phenoxy) is 1. The molecule has 0 saturated carbocycles. The minimum absolute atomic E-state index is 0. The predicted molar refractivity (Wildman–Crippen MR) is 115 cm³/mol. The van der Waals surface area contributed by atoms with Crippen LogP contribution in [0.15, 0.2) is 27.9 Å². The van der Waals surface area contributed by atoms with Gasteiger partial charge in [-0.15, -0.1) is 11.8 Å². The first-order chi connectivity index (χ1) is 13.8. The number of fused-ring (bicyclic) bond motifs is 2. The van der Waals surface area contributed by atoms with Crippen molar-refractivity contribution in [2.45, 2.75) is 18.4 Å². The van der Waals surface area contributed by atoms with E-state index in [9.17, 15) is 14.7 Å². The number of hydrogen-bond donors (Lipinski definition) is 0.